The Labute approximate surface area is 130 Å². The van der Waals surface area contributed by atoms with E-state index in [1.165, 1.54) is 16.8 Å². The van der Waals surface area contributed by atoms with E-state index in [2.05, 4.69) is 10.1 Å². The van der Waals surface area contributed by atoms with Gasteiger partial charge in [0.1, 0.15) is 17.3 Å². The number of aromatic amines is 1. The first-order valence-corrected chi connectivity index (χ1v) is 7.01. The molecule has 114 valence electrons. The van der Waals surface area contributed by atoms with Crippen molar-refractivity contribution in [3.8, 4) is 22.7 Å². The minimum absolute atomic E-state index is 0.257. The van der Waals surface area contributed by atoms with Crippen LogP contribution in [0.3, 0.4) is 0 Å². The Morgan fingerprint density at radius 1 is 1.17 bits per heavy atom. The van der Waals surface area contributed by atoms with Crippen molar-refractivity contribution in [1.82, 2.24) is 14.8 Å². The van der Waals surface area contributed by atoms with Crippen LogP contribution in [0.5, 0.6) is 5.75 Å². The number of pyridine rings is 1. The smallest absolute Gasteiger partial charge is 0.282 e. The maximum atomic E-state index is 13.5. The van der Waals surface area contributed by atoms with Gasteiger partial charge in [-0.05, 0) is 42.5 Å². The Hall–Kier alpha value is -3.15. The van der Waals surface area contributed by atoms with Gasteiger partial charge in [-0.2, -0.15) is 9.78 Å². The molecule has 0 aromatic heterocycles. The third-order valence-electron chi connectivity index (χ3n) is 3.80. The number of methoxy groups -OCH3 is 1. The van der Waals surface area contributed by atoms with Crippen LogP contribution in [0, 0.1) is 5.82 Å². The summed E-state index contributed by atoms with van der Waals surface area (Å²) in [7, 11) is 1.58. The molecule has 0 spiro atoms. The number of halogens is 1. The summed E-state index contributed by atoms with van der Waals surface area (Å²) in [6.45, 7) is 0. The molecule has 0 bridgehead atoms. The minimum atomic E-state index is -0.371. The van der Waals surface area contributed by atoms with Crippen LogP contribution in [0.4, 0.5) is 4.39 Å². The van der Waals surface area contributed by atoms with E-state index in [1.807, 2.05) is 0 Å². The second kappa shape index (κ2) is 4.95. The number of ether oxygens (including phenoxy) is 1. The molecule has 23 heavy (non-hydrogen) atoms. The van der Waals surface area contributed by atoms with Gasteiger partial charge >= 0.3 is 0 Å². The average Bonchev–Trinajstić information content (AvgIpc) is 2.92. The number of hydrogen-bond acceptors (Lipinski definition) is 3. The number of nitrogens with zero attached hydrogens (tertiary/aromatic N) is 2. The van der Waals surface area contributed by atoms with Gasteiger partial charge in [-0.25, -0.2) is 4.39 Å². The summed E-state index contributed by atoms with van der Waals surface area (Å²) < 4.78 is 20.0. The fraction of sp³-hybridized carbons (Fsp3) is 0.0588. The van der Waals surface area contributed by atoms with Crippen molar-refractivity contribution >= 4 is 10.9 Å². The molecule has 0 atom stereocenters. The van der Waals surface area contributed by atoms with Gasteiger partial charge in [0.15, 0.2) is 0 Å². The van der Waals surface area contributed by atoms with E-state index in [-0.39, 0.29) is 11.4 Å². The lowest BCUT2D eigenvalue weighted by atomic mass is 10.1. The summed E-state index contributed by atoms with van der Waals surface area (Å²) in [6.07, 6.45) is 1.60. The maximum absolute atomic E-state index is 13.5. The highest BCUT2D eigenvalue weighted by Gasteiger charge is 2.19. The SMILES string of the molecule is COc1ccc(-n2nc3c4cc(F)ccc4[nH]cc-3c2=O)cc1. The van der Waals surface area contributed by atoms with E-state index in [4.69, 9.17) is 4.74 Å². The van der Waals surface area contributed by atoms with Gasteiger partial charge < -0.3 is 9.72 Å². The predicted molar refractivity (Wildman–Crippen MR) is 84.8 cm³/mol. The van der Waals surface area contributed by atoms with Gasteiger partial charge in [0.2, 0.25) is 0 Å². The van der Waals surface area contributed by atoms with Gasteiger partial charge in [0, 0.05) is 17.1 Å². The molecule has 0 aliphatic carbocycles. The number of nitrogens with one attached hydrogen (secondary N) is 1. The fourth-order valence-corrected chi connectivity index (χ4v) is 2.63. The molecule has 0 unspecified atom stereocenters. The number of hydrogen-bond donors (Lipinski definition) is 1. The van der Waals surface area contributed by atoms with Crippen LogP contribution < -0.4 is 10.3 Å². The van der Waals surface area contributed by atoms with E-state index < -0.39 is 0 Å². The number of rotatable bonds is 2. The topological polar surface area (TPSA) is 59.9 Å². The first-order valence-electron chi connectivity index (χ1n) is 7.01. The molecule has 2 aliphatic heterocycles. The zero-order chi connectivity index (χ0) is 16.0. The third-order valence-corrected chi connectivity index (χ3v) is 3.80. The monoisotopic (exact) mass is 309 g/mol. The average molecular weight is 309 g/mol. The maximum Gasteiger partial charge on any atom is 0.282 e. The molecule has 2 aromatic carbocycles. The van der Waals surface area contributed by atoms with Crippen LogP contribution in [0.15, 0.2) is 53.5 Å². The highest BCUT2D eigenvalue weighted by Crippen LogP contribution is 2.26. The minimum Gasteiger partial charge on any atom is -0.497 e. The Morgan fingerprint density at radius 2 is 1.96 bits per heavy atom. The quantitative estimate of drug-likeness (QED) is 0.619. The largest absolute Gasteiger partial charge is 0.497 e. The molecule has 2 aliphatic rings. The van der Waals surface area contributed by atoms with E-state index in [0.717, 1.165) is 5.52 Å². The normalized spacial score (nSPS) is 11.2. The Balaban J connectivity index is 1.99. The molecule has 6 heteroatoms. The second-order valence-electron chi connectivity index (χ2n) is 5.16. The predicted octanol–water partition coefficient (Wildman–Crippen LogP) is 2.97. The summed E-state index contributed by atoms with van der Waals surface area (Å²) in [5.74, 6) is 0.323. The molecule has 0 radical (unpaired) electrons. The fourth-order valence-electron chi connectivity index (χ4n) is 2.63. The van der Waals surface area contributed by atoms with Crippen LogP contribution in [-0.4, -0.2) is 21.9 Å². The molecule has 0 amide bonds. The van der Waals surface area contributed by atoms with Crippen molar-refractivity contribution in [2.24, 2.45) is 0 Å². The van der Waals surface area contributed by atoms with E-state index in [0.29, 0.717) is 28.1 Å². The van der Waals surface area contributed by atoms with Gasteiger partial charge in [-0.3, -0.25) is 4.79 Å². The first-order chi connectivity index (χ1) is 11.2. The summed E-state index contributed by atoms with van der Waals surface area (Å²) in [6, 6.07) is 11.4. The standard InChI is InChI=1S/C17H12FN3O2/c1-23-12-5-3-11(4-6-12)21-17(22)14-9-19-15-7-2-10(18)8-13(15)16(14)20-21/h2-9,19H,1H3. The molecule has 4 rings (SSSR count). The summed E-state index contributed by atoms with van der Waals surface area (Å²) in [4.78, 5) is 15.6. The highest BCUT2D eigenvalue weighted by molar-refractivity contribution is 5.93. The lowest BCUT2D eigenvalue weighted by Crippen LogP contribution is -2.14. The number of fused-ring (bicyclic) bond motifs is 3. The van der Waals surface area contributed by atoms with E-state index in [1.54, 1.807) is 43.6 Å². The van der Waals surface area contributed by atoms with Crippen molar-refractivity contribution in [2.75, 3.05) is 7.11 Å². The summed E-state index contributed by atoms with van der Waals surface area (Å²) in [5, 5.41) is 4.96. The summed E-state index contributed by atoms with van der Waals surface area (Å²) >= 11 is 0. The van der Waals surface area contributed by atoms with Gasteiger partial charge in [0.25, 0.3) is 5.56 Å². The van der Waals surface area contributed by atoms with Crippen molar-refractivity contribution in [3.05, 3.63) is 64.8 Å². The zero-order valence-electron chi connectivity index (χ0n) is 12.2. The van der Waals surface area contributed by atoms with Crippen molar-refractivity contribution in [2.45, 2.75) is 0 Å². The molecule has 5 nitrogen and oxygen atoms in total. The van der Waals surface area contributed by atoms with Crippen LogP contribution in [0.1, 0.15) is 0 Å². The van der Waals surface area contributed by atoms with Crippen molar-refractivity contribution in [3.63, 3.8) is 0 Å². The van der Waals surface area contributed by atoms with Crippen molar-refractivity contribution in [1.29, 1.82) is 0 Å². The van der Waals surface area contributed by atoms with Crippen LogP contribution in [0.25, 0.3) is 27.8 Å². The van der Waals surface area contributed by atoms with Crippen LogP contribution in [0.2, 0.25) is 0 Å². The molecule has 0 fully saturated rings. The van der Waals surface area contributed by atoms with Crippen LogP contribution >= 0.6 is 0 Å². The van der Waals surface area contributed by atoms with Gasteiger partial charge in [-0.1, -0.05) is 0 Å². The van der Waals surface area contributed by atoms with Gasteiger partial charge in [-0.15, -0.1) is 0 Å². The third kappa shape index (κ3) is 2.07. The van der Waals surface area contributed by atoms with Crippen molar-refractivity contribution < 1.29 is 9.13 Å². The molecule has 2 aromatic rings. The number of benzene rings is 2. The molecule has 2 heterocycles. The van der Waals surface area contributed by atoms with Gasteiger partial charge in [0.05, 0.1) is 18.4 Å². The highest BCUT2D eigenvalue weighted by atomic mass is 19.1. The molecular formula is C17H12FN3O2. The first kappa shape index (κ1) is 13.5. The second-order valence-corrected chi connectivity index (χ2v) is 5.16. The Morgan fingerprint density at radius 3 is 2.70 bits per heavy atom. The zero-order valence-corrected chi connectivity index (χ0v) is 12.2. The Kier molecular flexibility index (Phi) is 2.90. The van der Waals surface area contributed by atoms with Crippen LogP contribution in [-0.2, 0) is 0 Å². The van der Waals surface area contributed by atoms with E-state index >= 15 is 0 Å². The number of aromatic nitrogens is 3. The molecule has 0 saturated heterocycles. The summed E-state index contributed by atoms with van der Waals surface area (Å²) in [5.41, 5.74) is 1.97. The lowest BCUT2D eigenvalue weighted by Gasteiger charge is -2.02. The lowest BCUT2D eigenvalue weighted by molar-refractivity contribution is 0.414. The molecule has 1 N–H and O–H groups in total. The Bertz CT molecular complexity index is 1030. The number of H-pyrrole nitrogens is 1. The molecular weight excluding hydrogens is 297 g/mol. The van der Waals surface area contributed by atoms with E-state index in [9.17, 15) is 9.18 Å². The molecule has 0 saturated carbocycles.